The second kappa shape index (κ2) is 11.5. The molecule has 3 aromatic heterocycles. The number of imide groups is 1. The number of amides is 2. The van der Waals surface area contributed by atoms with Crippen LogP contribution in [0.4, 0.5) is 0 Å². The van der Waals surface area contributed by atoms with Crippen molar-refractivity contribution >= 4 is 66.8 Å². The molecule has 49 heavy (non-hydrogen) atoms. The van der Waals surface area contributed by atoms with E-state index in [-0.39, 0.29) is 58.8 Å². The number of nitrogens with one attached hydrogen (secondary N) is 2. The molecule has 0 radical (unpaired) electrons. The third-order valence-electron chi connectivity index (χ3n) is 9.39. The molecule has 0 saturated carbocycles. The van der Waals surface area contributed by atoms with E-state index in [4.69, 9.17) is 4.74 Å². The van der Waals surface area contributed by atoms with Gasteiger partial charge in [-0.2, -0.15) is 0 Å². The van der Waals surface area contributed by atoms with Crippen LogP contribution in [-0.2, 0) is 24.5 Å². The molecule has 2 amide bonds. The summed E-state index contributed by atoms with van der Waals surface area (Å²) in [6.45, 7) is -1.29. The van der Waals surface area contributed by atoms with Crippen molar-refractivity contribution < 1.29 is 55.2 Å². The fourth-order valence-corrected chi connectivity index (χ4v) is 8.08. The highest BCUT2D eigenvalue weighted by molar-refractivity contribution is 7.12. The minimum atomic E-state index is -1.75. The third kappa shape index (κ3) is 4.51. The Morgan fingerprint density at radius 1 is 0.837 bits per heavy atom. The predicted octanol–water partition coefficient (Wildman–Crippen LogP) is 1.16. The zero-order chi connectivity index (χ0) is 34.5. The lowest BCUT2D eigenvalue weighted by atomic mass is 9.96. The Hall–Kier alpha value is -4.62. The van der Waals surface area contributed by atoms with E-state index in [0.29, 0.717) is 42.5 Å². The summed E-state index contributed by atoms with van der Waals surface area (Å²) in [4.78, 5) is 33.1. The SMILES string of the molecule is O=C1c2c(c3c4ccc(O)cc4n([C@@H]4O[C@H](CO)[C@@H](O)[C@H](O)[C@H]4O)c3c3[nH]c4cc(O)ccc4c23)C(=O)N1NCc1cc(CO)sc1CO. The van der Waals surface area contributed by atoms with Crippen LogP contribution < -0.4 is 5.43 Å². The van der Waals surface area contributed by atoms with E-state index >= 15 is 0 Å². The molecule has 15 nitrogen and oxygen atoms in total. The maximum Gasteiger partial charge on any atom is 0.276 e. The largest absolute Gasteiger partial charge is 0.508 e. The van der Waals surface area contributed by atoms with Crippen molar-refractivity contribution in [1.82, 2.24) is 20.0 Å². The summed E-state index contributed by atoms with van der Waals surface area (Å²) in [6.07, 6.45) is -7.90. The summed E-state index contributed by atoms with van der Waals surface area (Å²) in [5.74, 6) is -1.66. The van der Waals surface area contributed by atoms with E-state index in [0.717, 1.165) is 5.01 Å². The molecule has 10 N–H and O–H groups in total. The summed E-state index contributed by atoms with van der Waals surface area (Å²) >= 11 is 1.20. The topological polar surface area (TPSA) is 241 Å². The fourth-order valence-electron chi connectivity index (χ4n) is 7.17. The number of thiophene rings is 1. The number of hydrogen-bond acceptors (Lipinski definition) is 13. The maximum atomic E-state index is 14.4. The van der Waals surface area contributed by atoms with E-state index in [1.165, 1.54) is 46.2 Å². The Kier molecular flexibility index (Phi) is 7.41. The average molecular weight is 691 g/mol. The molecule has 6 aromatic rings. The molecule has 16 heteroatoms. The number of aromatic amines is 1. The quantitative estimate of drug-likeness (QED) is 0.106. The number of hydrogen-bond donors (Lipinski definition) is 10. The molecular weight excluding hydrogens is 660 g/mol. The lowest BCUT2D eigenvalue weighted by Crippen LogP contribution is -2.56. The summed E-state index contributed by atoms with van der Waals surface area (Å²) in [7, 11) is 0. The summed E-state index contributed by atoms with van der Waals surface area (Å²) in [5.41, 5.74) is 4.71. The molecule has 254 valence electrons. The Morgan fingerprint density at radius 2 is 1.53 bits per heavy atom. The molecule has 2 aliphatic heterocycles. The van der Waals surface area contributed by atoms with Crippen molar-refractivity contribution in [2.75, 3.05) is 6.61 Å². The first-order chi connectivity index (χ1) is 23.6. The van der Waals surface area contributed by atoms with Gasteiger partial charge in [-0.1, -0.05) is 0 Å². The lowest BCUT2D eigenvalue weighted by molar-refractivity contribution is -0.249. The number of carbonyl (C=O) groups excluding carboxylic acids is 2. The lowest BCUT2D eigenvalue weighted by Gasteiger charge is -2.41. The maximum absolute atomic E-state index is 14.4. The first-order valence-corrected chi connectivity index (χ1v) is 16.1. The molecule has 1 fully saturated rings. The van der Waals surface area contributed by atoms with E-state index in [1.54, 1.807) is 12.1 Å². The van der Waals surface area contributed by atoms with Gasteiger partial charge < -0.3 is 55.1 Å². The third-order valence-corrected chi connectivity index (χ3v) is 10.5. The van der Waals surface area contributed by atoms with Crippen LogP contribution in [0, 0.1) is 0 Å². The standard InChI is InChI=1S/C33H30N4O11S/c38-9-15-5-12(21(11-40)49-15)8-34-37-31(46)24-22-16-3-1-13(41)6-18(16)35-26(22)27-23(25(24)32(37)47)17-4-2-14(42)7-19(17)36(27)33-30(45)29(44)28(43)20(10-39)48-33/h1-7,20,28-30,33-35,38-45H,8-11H2/t20-,28-,29+,30-,33-/m1/s1. The molecule has 0 aliphatic carbocycles. The number of phenolic OH excluding ortho intramolecular Hbond substituents is 2. The van der Waals surface area contributed by atoms with Gasteiger partial charge in [0.05, 0.1) is 53.0 Å². The number of rotatable bonds is 7. The average Bonchev–Trinajstić information content (AvgIpc) is 3.82. The van der Waals surface area contributed by atoms with Gasteiger partial charge in [0.1, 0.15) is 35.9 Å². The van der Waals surface area contributed by atoms with Gasteiger partial charge in [-0.3, -0.25) is 9.59 Å². The van der Waals surface area contributed by atoms with Crippen molar-refractivity contribution in [1.29, 1.82) is 0 Å². The number of aromatic hydroxyl groups is 2. The first-order valence-electron chi connectivity index (χ1n) is 15.3. The smallest absolute Gasteiger partial charge is 0.276 e. The number of ether oxygens (including phenoxy) is 1. The van der Waals surface area contributed by atoms with Crippen molar-refractivity contribution in [2.24, 2.45) is 0 Å². The molecule has 0 unspecified atom stereocenters. The zero-order valence-corrected chi connectivity index (χ0v) is 26.2. The van der Waals surface area contributed by atoms with Crippen LogP contribution in [0.3, 0.4) is 0 Å². The van der Waals surface area contributed by atoms with Crippen molar-refractivity contribution in [3.63, 3.8) is 0 Å². The zero-order valence-electron chi connectivity index (χ0n) is 25.4. The van der Waals surface area contributed by atoms with Crippen LogP contribution in [0.1, 0.15) is 42.3 Å². The highest BCUT2D eigenvalue weighted by atomic mass is 32.1. The predicted molar refractivity (Wildman–Crippen MR) is 175 cm³/mol. The monoisotopic (exact) mass is 690 g/mol. The van der Waals surface area contributed by atoms with Gasteiger partial charge in [0.25, 0.3) is 11.8 Å². The number of H-pyrrole nitrogens is 1. The van der Waals surface area contributed by atoms with Gasteiger partial charge >= 0.3 is 0 Å². The highest BCUT2D eigenvalue weighted by Gasteiger charge is 2.47. The van der Waals surface area contributed by atoms with Gasteiger partial charge in [-0.15, -0.1) is 11.3 Å². The minimum absolute atomic E-state index is 0.00301. The molecule has 1 saturated heterocycles. The fraction of sp³-hybridized carbons (Fsp3) is 0.273. The van der Waals surface area contributed by atoms with Gasteiger partial charge in [0.2, 0.25) is 0 Å². The van der Waals surface area contributed by atoms with E-state index < -0.39 is 49.1 Å². The number of fused-ring (bicyclic) bond motifs is 10. The van der Waals surface area contributed by atoms with Crippen molar-refractivity contribution in [2.45, 2.75) is 50.4 Å². The summed E-state index contributed by atoms with van der Waals surface area (Å²) in [5, 5.41) is 85.3. The van der Waals surface area contributed by atoms with Crippen molar-refractivity contribution in [3.05, 3.63) is 68.9 Å². The number of nitrogens with zero attached hydrogens (tertiary/aromatic N) is 2. The van der Waals surface area contributed by atoms with E-state index in [9.17, 15) is 50.4 Å². The molecule has 5 heterocycles. The number of hydrazine groups is 1. The van der Waals surface area contributed by atoms with E-state index in [2.05, 4.69) is 10.4 Å². The molecule has 0 spiro atoms. The number of phenols is 2. The number of carbonyl (C=O) groups is 2. The molecule has 3 aromatic carbocycles. The van der Waals surface area contributed by atoms with Crippen molar-refractivity contribution in [3.8, 4) is 11.5 Å². The molecule has 0 bridgehead atoms. The van der Waals surface area contributed by atoms with Gasteiger partial charge in [0.15, 0.2) is 6.23 Å². The highest BCUT2D eigenvalue weighted by Crippen LogP contribution is 2.48. The van der Waals surface area contributed by atoms with Gasteiger partial charge in [0, 0.05) is 50.0 Å². The first kappa shape index (κ1) is 31.6. The normalized spacial score (nSPS) is 22.8. The van der Waals surface area contributed by atoms with Crippen LogP contribution in [0.15, 0.2) is 42.5 Å². The molecular formula is C33H30N4O11S. The van der Waals surface area contributed by atoms with Gasteiger partial charge in [-0.05, 0) is 35.9 Å². The van der Waals surface area contributed by atoms with Crippen LogP contribution in [0.5, 0.6) is 11.5 Å². The Labute approximate surface area is 279 Å². The minimum Gasteiger partial charge on any atom is -0.508 e. The Bertz CT molecular complexity index is 2340. The van der Waals surface area contributed by atoms with Gasteiger partial charge in [-0.25, -0.2) is 10.4 Å². The molecule has 5 atom stereocenters. The number of aliphatic hydroxyl groups excluding tert-OH is 6. The van der Waals surface area contributed by atoms with Crippen LogP contribution in [0.25, 0.3) is 43.6 Å². The summed E-state index contributed by atoms with van der Waals surface area (Å²) < 4.78 is 7.44. The van der Waals surface area contributed by atoms with Crippen LogP contribution in [0.2, 0.25) is 0 Å². The number of benzene rings is 3. The molecule has 2 aliphatic rings. The second-order valence-electron chi connectivity index (χ2n) is 12.1. The van der Waals surface area contributed by atoms with Crippen LogP contribution in [-0.4, -0.2) is 98.2 Å². The summed E-state index contributed by atoms with van der Waals surface area (Å²) in [6, 6.07) is 10.4. The Morgan fingerprint density at radius 3 is 2.22 bits per heavy atom. The van der Waals surface area contributed by atoms with E-state index in [1.807, 2.05) is 0 Å². The molecule has 8 rings (SSSR count). The second-order valence-corrected chi connectivity index (χ2v) is 13.3. The Balaban J connectivity index is 1.42. The number of aromatic nitrogens is 2. The number of aliphatic hydroxyl groups is 6. The van der Waals surface area contributed by atoms with Crippen LogP contribution >= 0.6 is 11.3 Å².